The van der Waals surface area contributed by atoms with E-state index in [4.69, 9.17) is 20.9 Å². The number of aryl methyl sites for hydroxylation is 2. The molecule has 3 aromatic rings. The van der Waals surface area contributed by atoms with Crippen LogP contribution in [-0.2, 0) is 24.2 Å². The molecule has 1 amide bonds. The minimum atomic E-state index is -0.572. The maximum absolute atomic E-state index is 13.0. The highest BCUT2D eigenvalue weighted by molar-refractivity contribution is 6.33. The van der Waals surface area contributed by atoms with Gasteiger partial charge in [0.1, 0.15) is 5.75 Å². The van der Waals surface area contributed by atoms with E-state index < -0.39 is 6.10 Å². The zero-order valence-electron chi connectivity index (χ0n) is 17.8. The van der Waals surface area contributed by atoms with Gasteiger partial charge in [-0.3, -0.25) is 4.79 Å². The Hall–Kier alpha value is -2.86. The van der Waals surface area contributed by atoms with Gasteiger partial charge in [0.15, 0.2) is 6.10 Å². The molecule has 0 bridgehead atoms. The predicted octanol–water partition coefficient (Wildman–Crippen LogP) is 5.08. The van der Waals surface area contributed by atoms with Crippen LogP contribution in [0.4, 0.5) is 0 Å². The molecule has 0 spiro atoms. The average Bonchev–Trinajstić information content (AvgIpc) is 3.25. The Labute approximate surface area is 187 Å². The van der Waals surface area contributed by atoms with Crippen molar-refractivity contribution in [3.8, 4) is 17.1 Å². The van der Waals surface area contributed by atoms with Crippen LogP contribution in [0.3, 0.4) is 0 Å². The fourth-order valence-electron chi connectivity index (χ4n) is 3.85. The number of carbonyl (C=O) groups is 1. The Morgan fingerprint density at radius 1 is 1.19 bits per heavy atom. The summed E-state index contributed by atoms with van der Waals surface area (Å²) in [5.74, 6) is 1.36. The predicted molar refractivity (Wildman–Crippen MR) is 119 cm³/mol. The summed E-state index contributed by atoms with van der Waals surface area (Å²) in [6.45, 7) is 2.14. The van der Waals surface area contributed by atoms with Crippen LogP contribution in [0.15, 0.2) is 47.0 Å². The number of fused-ring (bicyclic) bond motifs is 1. The molecule has 0 N–H and O–H groups in total. The quantitative estimate of drug-likeness (QED) is 0.513. The minimum absolute atomic E-state index is 0.127. The van der Waals surface area contributed by atoms with Gasteiger partial charge in [0.2, 0.25) is 11.7 Å². The second-order valence-corrected chi connectivity index (χ2v) is 8.25. The number of carbonyl (C=O) groups excluding carboxylic acids is 1. The van der Waals surface area contributed by atoms with Gasteiger partial charge >= 0.3 is 0 Å². The zero-order chi connectivity index (χ0) is 21.8. The van der Waals surface area contributed by atoms with Crippen LogP contribution in [0, 0.1) is 0 Å². The Morgan fingerprint density at radius 2 is 1.97 bits per heavy atom. The summed E-state index contributed by atoms with van der Waals surface area (Å²) in [6, 6.07) is 13.5. The van der Waals surface area contributed by atoms with E-state index in [1.165, 1.54) is 24.0 Å². The first-order chi connectivity index (χ1) is 15.0. The maximum Gasteiger partial charge on any atom is 0.263 e. The van der Waals surface area contributed by atoms with Crippen molar-refractivity contribution in [2.45, 2.75) is 51.7 Å². The molecule has 7 heteroatoms. The van der Waals surface area contributed by atoms with Crippen molar-refractivity contribution in [3.05, 3.63) is 64.5 Å². The van der Waals surface area contributed by atoms with Crippen LogP contribution < -0.4 is 4.74 Å². The fourth-order valence-corrected chi connectivity index (χ4v) is 4.07. The van der Waals surface area contributed by atoms with Crippen molar-refractivity contribution in [2.75, 3.05) is 7.05 Å². The molecule has 1 aliphatic rings. The third-order valence-electron chi connectivity index (χ3n) is 5.58. The summed E-state index contributed by atoms with van der Waals surface area (Å²) in [5, 5.41) is 4.54. The number of hydrogen-bond acceptors (Lipinski definition) is 5. The normalized spacial score (nSPS) is 14.0. The molecule has 0 radical (unpaired) electrons. The highest BCUT2D eigenvalue weighted by atomic mass is 35.5. The first kappa shape index (κ1) is 21.4. The smallest absolute Gasteiger partial charge is 0.263 e. The SMILES string of the molecule is CCC(Oc1ccc2c(c1)CCCC2)C(=O)N(C)Cc1nc(-c2ccccc2Cl)no1. The number of rotatable bonds is 7. The van der Waals surface area contributed by atoms with Crippen molar-refractivity contribution in [3.63, 3.8) is 0 Å². The second kappa shape index (κ2) is 9.52. The third-order valence-corrected chi connectivity index (χ3v) is 5.91. The molecule has 1 unspecified atom stereocenters. The van der Waals surface area contributed by atoms with Gasteiger partial charge in [-0.05, 0) is 67.5 Å². The number of halogens is 1. The van der Waals surface area contributed by atoms with Crippen LogP contribution in [0.5, 0.6) is 5.75 Å². The third kappa shape index (κ3) is 4.90. The Bertz CT molecular complexity index is 1070. The van der Waals surface area contributed by atoms with Gasteiger partial charge in [0, 0.05) is 12.6 Å². The van der Waals surface area contributed by atoms with Crippen LogP contribution in [0.25, 0.3) is 11.4 Å². The van der Waals surface area contributed by atoms with Crippen LogP contribution >= 0.6 is 11.6 Å². The number of aromatic nitrogens is 2. The summed E-state index contributed by atoms with van der Waals surface area (Å²) in [5.41, 5.74) is 3.41. The molecule has 0 aliphatic heterocycles. The van der Waals surface area contributed by atoms with E-state index in [0.717, 1.165) is 18.6 Å². The molecule has 1 aliphatic carbocycles. The summed E-state index contributed by atoms with van der Waals surface area (Å²) < 4.78 is 11.4. The van der Waals surface area contributed by atoms with Gasteiger partial charge in [0.05, 0.1) is 11.6 Å². The molecule has 1 heterocycles. The first-order valence-electron chi connectivity index (χ1n) is 10.7. The van der Waals surface area contributed by atoms with E-state index in [-0.39, 0.29) is 12.5 Å². The Kier molecular flexibility index (Phi) is 6.56. The number of amides is 1. The molecular weight excluding hydrogens is 414 g/mol. The van der Waals surface area contributed by atoms with Crippen molar-refractivity contribution < 1.29 is 14.1 Å². The van der Waals surface area contributed by atoms with Crippen molar-refractivity contribution in [1.82, 2.24) is 15.0 Å². The van der Waals surface area contributed by atoms with Gasteiger partial charge in [-0.25, -0.2) is 0 Å². The van der Waals surface area contributed by atoms with E-state index in [1.807, 2.05) is 31.2 Å². The Morgan fingerprint density at radius 3 is 2.74 bits per heavy atom. The molecule has 0 saturated heterocycles. The number of benzene rings is 2. The van der Waals surface area contributed by atoms with E-state index in [9.17, 15) is 4.79 Å². The molecule has 4 rings (SSSR count). The molecule has 1 atom stereocenters. The van der Waals surface area contributed by atoms with Crippen molar-refractivity contribution in [2.24, 2.45) is 0 Å². The maximum atomic E-state index is 13.0. The summed E-state index contributed by atoms with van der Waals surface area (Å²) in [4.78, 5) is 18.9. The van der Waals surface area contributed by atoms with Crippen LogP contribution in [0.2, 0.25) is 5.02 Å². The molecule has 31 heavy (non-hydrogen) atoms. The van der Waals surface area contributed by atoms with Crippen molar-refractivity contribution in [1.29, 1.82) is 0 Å². The zero-order valence-corrected chi connectivity index (χ0v) is 18.6. The lowest BCUT2D eigenvalue weighted by molar-refractivity contribution is -0.138. The average molecular weight is 440 g/mol. The van der Waals surface area contributed by atoms with Crippen LogP contribution in [-0.4, -0.2) is 34.1 Å². The molecule has 162 valence electrons. The summed E-state index contributed by atoms with van der Waals surface area (Å²) in [6.07, 6.45) is 4.63. The van der Waals surface area contributed by atoms with Crippen molar-refractivity contribution >= 4 is 17.5 Å². The molecule has 2 aromatic carbocycles. The van der Waals surface area contributed by atoms with Gasteiger partial charge in [-0.1, -0.05) is 41.9 Å². The monoisotopic (exact) mass is 439 g/mol. The molecular formula is C24H26ClN3O3. The lowest BCUT2D eigenvalue weighted by atomic mass is 9.92. The second-order valence-electron chi connectivity index (χ2n) is 7.84. The number of hydrogen-bond donors (Lipinski definition) is 0. The van der Waals surface area contributed by atoms with Gasteiger partial charge in [-0.2, -0.15) is 4.98 Å². The summed E-state index contributed by atoms with van der Waals surface area (Å²) in [7, 11) is 1.71. The number of likely N-dealkylation sites (N-methyl/N-ethyl adjacent to an activating group) is 1. The number of ether oxygens (including phenoxy) is 1. The fraction of sp³-hybridized carbons (Fsp3) is 0.375. The Balaban J connectivity index is 1.41. The largest absolute Gasteiger partial charge is 0.481 e. The van der Waals surface area contributed by atoms with Gasteiger partial charge < -0.3 is 14.2 Å². The lowest BCUT2D eigenvalue weighted by Gasteiger charge is -2.24. The number of nitrogens with zero attached hydrogens (tertiary/aromatic N) is 3. The standard InChI is InChI=1S/C24H26ClN3O3/c1-3-21(30-18-13-12-16-8-4-5-9-17(16)14-18)24(29)28(2)15-22-26-23(27-31-22)19-10-6-7-11-20(19)25/h6-7,10-14,21H,3-5,8-9,15H2,1-2H3. The molecule has 0 fully saturated rings. The summed E-state index contributed by atoms with van der Waals surface area (Å²) >= 11 is 6.20. The van der Waals surface area contributed by atoms with E-state index >= 15 is 0 Å². The highest BCUT2D eigenvalue weighted by Gasteiger charge is 2.24. The van der Waals surface area contributed by atoms with E-state index in [0.29, 0.717) is 28.7 Å². The highest BCUT2D eigenvalue weighted by Crippen LogP contribution is 2.27. The molecule has 1 aromatic heterocycles. The molecule has 0 saturated carbocycles. The van der Waals surface area contributed by atoms with Gasteiger partial charge in [-0.15, -0.1) is 0 Å². The van der Waals surface area contributed by atoms with E-state index in [2.05, 4.69) is 22.3 Å². The van der Waals surface area contributed by atoms with Crippen LogP contribution in [0.1, 0.15) is 43.2 Å². The topological polar surface area (TPSA) is 68.5 Å². The molecule has 6 nitrogen and oxygen atoms in total. The first-order valence-corrected chi connectivity index (χ1v) is 11.0. The minimum Gasteiger partial charge on any atom is -0.481 e. The van der Waals surface area contributed by atoms with E-state index in [1.54, 1.807) is 18.0 Å². The van der Waals surface area contributed by atoms with Gasteiger partial charge in [0.25, 0.3) is 5.91 Å². The lowest BCUT2D eigenvalue weighted by Crippen LogP contribution is -2.39.